The van der Waals surface area contributed by atoms with Crippen LogP contribution < -0.4 is 4.74 Å². The number of hydrogen-bond donors (Lipinski definition) is 0. The molecule has 0 fully saturated rings. The third kappa shape index (κ3) is 2.42. The van der Waals surface area contributed by atoms with Gasteiger partial charge in [-0.1, -0.05) is 24.8 Å². The molecule has 0 bridgehead atoms. The van der Waals surface area contributed by atoms with Crippen molar-refractivity contribution in [2.24, 2.45) is 0 Å². The van der Waals surface area contributed by atoms with E-state index in [2.05, 4.69) is 13.5 Å². The zero-order valence-electron chi connectivity index (χ0n) is 7.12. The Morgan fingerprint density at radius 3 is 2.42 bits per heavy atom. The molecule has 0 heterocycles. The molecule has 0 aromatic heterocycles. The molecule has 0 aliphatic carbocycles. The Hall–Kier alpha value is -1.24. The van der Waals surface area contributed by atoms with Crippen LogP contribution in [0.5, 0.6) is 5.75 Å². The highest BCUT2D eigenvalue weighted by molar-refractivity contribution is 5.48. The third-order valence-corrected chi connectivity index (χ3v) is 1.53. The summed E-state index contributed by atoms with van der Waals surface area (Å²) in [4.78, 5) is 0. The molecule has 1 aromatic carbocycles. The van der Waals surface area contributed by atoms with Gasteiger partial charge in [0.25, 0.3) is 0 Å². The van der Waals surface area contributed by atoms with E-state index in [1.54, 1.807) is 0 Å². The lowest BCUT2D eigenvalue weighted by molar-refractivity contribution is 0.324. The van der Waals surface area contributed by atoms with Crippen LogP contribution in [-0.2, 0) is 0 Å². The molecular weight excluding hydrogens is 148 g/mol. The molecule has 0 N–H and O–H groups in total. The summed E-state index contributed by atoms with van der Waals surface area (Å²) >= 11 is 0. The molecule has 12 heavy (non-hydrogen) atoms. The predicted octanol–water partition coefficient (Wildman–Crippen LogP) is 2.93. The standard InChI is InChI=1S/C11H13O/c1-3-9-12-11-7-5-10(4-2)6-8-11/h4-8H,1-3,9H2. The monoisotopic (exact) mass is 161 g/mol. The van der Waals surface area contributed by atoms with Gasteiger partial charge in [0, 0.05) is 0 Å². The largest absolute Gasteiger partial charge is 0.494 e. The van der Waals surface area contributed by atoms with Gasteiger partial charge in [0.15, 0.2) is 0 Å². The Bertz CT molecular complexity index is 236. The number of hydrogen-bond acceptors (Lipinski definition) is 1. The molecule has 0 aliphatic rings. The molecule has 0 saturated carbocycles. The van der Waals surface area contributed by atoms with Crippen LogP contribution in [-0.4, -0.2) is 6.61 Å². The van der Waals surface area contributed by atoms with Crippen molar-refractivity contribution < 1.29 is 4.74 Å². The molecular formula is C11H13O. The molecule has 1 heteroatoms. The molecule has 0 saturated heterocycles. The van der Waals surface area contributed by atoms with Crippen molar-refractivity contribution in [3.8, 4) is 5.75 Å². The van der Waals surface area contributed by atoms with Gasteiger partial charge >= 0.3 is 0 Å². The van der Waals surface area contributed by atoms with E-state index in [1.807, 2.05) is 30.3 Å². The maximum Gasteiger partial charge on any atom is 0.119 e. The quantitative estimate of drug-likeness (QED) is 0.659. The van der Waals surface area contributed by atoms with Crippen molar-refractivity contribution in [1.29, 1.82) is 0 Å². The predicted molar refractivity (Wildman–Crippen MR) is 52.0 cm³/mol. The number of rotatable bonds is 4. The van der Waals surface area contributed by atoms with Crippen LogP contribution in [0, 0.1) is 6.92 Å². The molecule has 0 spiro atoms. The zero-order chi connectivity index (χ0) is 8.81. The van der Waals surface area contributed by atoms with Crippen LogP contribution in [0.25, 0.3) is 6.08 Å². The summed E-state index contributed by atoms with van der Waals surface area (Å²) < 4.78 is 5.36. The number of benzene rings is 1. The van der Waals surface area contributed by atoms with Gasteiger partial charge in [0.1, 0.15) is 5.75 Å². The van der Waals surface area contributed by atoms with Gasteiger partial charge in [-0.05, 0) is 31.0 Å². The van der Waals surface area contributed by atoms with Gasteiger partial charge in [-0.25, -0.2) is 0 Å². The van der Waals surface area contributed by atoms with Crippen LogP contribution in [0.1, 0.15) is 12.0 Å². The van der Waals surface area contributed by atoms with Crippen molar-refractivity contribution in [1.82, 2.24) is 0 Å². The first-order valence-corrected chi connectivity index (χ1v) is 4.01. The molecule has 0 atom stereocenters. The second-order valence-corrected chi connectivity index (χ2v) is 2.48. The van der Waals surface area contributed by atoms with E-state index in [0.717, 1.165) is 17.7 Å². The van der Waals surface area contributed by atoms with E-state index in [1.165, 1.54) is 0 Å². The molecule has 0 aliphatic heterocycles. The molecule has 0 unspecified atom stereocenters. The normalized spacial score (nSPS) is 9.42. The van der Waals surface area contributed by atoms with Crippen molar-refractivity contribution in [2.45, 2.75) is 6.42 Å². The Kier molecular flexibility index (Phi) is 3.39. The summed E-state index contributed by atoms with van der Waals surface area (Å²) in [5, 5.41) is 0. The molecule has 1 aromatic rings. The molecule has 1 rings (SSSR count). The lowest BCUT2D eigenvalue weighted by Crippen LogP contribution is -1.94. The zero-order valence-corrected chi connectivity index (χ0v) is 7.12. The Balaban J connectivity index is 2.58. The van der Waals surface area contributed by atoms with Crippen molar-refractivity contribution in [3.63, 3.8) is 0 Å². The van der Waals surface area contributed by atoms with Crippen LogP contribution in [0.15, 0.2) is 30.8 Å². The van der Waals surface area contributed by atoms with Gasteiger partial charge in [-0.15, -0.1) is 0 Å². The minimum absolute atomic E-state index is 0.674. The maximum absolute atomic E-state index is 5.36. The summed E-state index contributed by atoms with van der Waals surface area (Å²) in [6.45, 7) is 8.04. The first-order chi connectivity index (χ1) is 5.86. The fourth-order valence-electron chi connectivity index (χ4n) is 0.890. The minimum Gasteiger partial charge on any atom is -0.494 e. The molecule has 1 radical (unpaired) electrons. The first-order valence-electron chi connectivity index (χ1n) is 4.01. The topological polar surface area (TPSA) is 9.23 Å². The average molecular weight is 161 g/mol. The third-order valence-electron chi connectivity index (χ3n) is 1.53. The number of ether oxygens (including phenoxy) is 1. The van der Waals surface area contributed by atoms with E-state index in [-0.39, 0.29) is 0 Å². The van der Waals surface area contributed by atoms with E-state index in [0.29, 0.717) is 6.61 Å². The summed E-state index contributed by atoms with van der Waals surface area (Å²) in [6, 6.07) is 7.83. The maximum atomic E-state index is 5.36. The van der Waals surface area contributed by atoms with Gasteiger partial charge in [0.05, 0.1) is 6.61 Å². The van der Waals surface area contributed by atoms with E-state index < -0.39 is 0 Å². The fourth-order valence-corrected chi connectivity index (χ4v) is 0.890. The van der Waals surface area contributed by atoms with Crippen molar-refractivity contribution in [2.75, 3.05) is 6.61 Å². The summed E-state index contributed by atoms with van der Waals surface area (Å²) in [6.07, 6.45) is 2.61. The molecule has 1 nitrogen and oxygen atoms in total. The minimum atomic E-state index is 0.674. The highest BCUT2D eigenvalue weighted by Gasteiger charge is 1.90. The van der Waals surface area contributed by atoms with E-state index in [9.17, 15) is 0 Å². The van der Waals surface area contributed by atoms with Crippen LogP contribution in [0.3, 0.4) is 0 Å². The summed E-state index contributed by atoms with van der Waals surface area (Å²) in [5.74, 6) is 0.893. The van der Waals surface area contributed by atoms with E-state index in [4.69, 9.17) is 4.74 Å². The van der Waals surface area contributed by atoms with E-state index >= 15 is 0 Å². The summed E-state index contributed by atoms with van der Waals surface area (Å²) in [5.41, 5.74) is 1.11. The van der Waals surface area contributed by atoms with Crippen molar-refractivity contribution in [3.05, 3.63) is 43.3 Å². The van der Waals surface area contributed by atoms with Gasteiger partial charge in [0.2, 0.25) is 0 Å². The van der Waals surface area contributed by atoms with Crippen LogP contribution in [0.4, 0.5) is 0 Å². The molecule has 0 amide bonds. The molecule has 63 valence electrons. The second kappa shape index (κ2) is 4.60. The highest BCUT2D eigenvalue weighted by atomic mass is 16.5. The SMILES string of the molecule is [CH2]CCOc1ccc(C=C)cc1. The van der Waals surface area contributed by atoms with Crippen molar-refractivity contribution >= 4 is 6.08 Å². The van der Waals surface area contributed by atoms with Gasteiger partial charge in [-0.2, -0.15) is 0 Å². The van der Waals surface area contributed by atoms with Gasteiger partial charge in [-0.3, -0.25) is 0 Å². The van der Waals surface area contributed by atoms with Crippen LogP contribution in [0.2, 0.25) is 0 Å². The lowest BCUT2D eigenvalue weighted by atomic mass is 10.2. The smallest absolute Gasteiger partial charge is 0.119 e. The average Bonchev–Trinajstić information content (AvgIpc) is 2.15. The second-order valence-electron chi connectivity index (χ2n) is 2.48. The lowest BCUT2D eigenvalue weighted by Gasteiger charge is -2.03. The Labute approximate surface area is 73.7 Å². The van der Waals surface area contributed by atoms with Gasteiger partial charge < -0.3 is 4.74 Å². The fraction of sp³-hybridized carbons (Fsp3) is 0.182. The highest BCUT2D eigenvalue weighted by Crippen LogP contribution is 2.12. The Morgan fingerprint density at radius 1 is 1.25 bits per heavy atom. The van der Waals surface area contributed by atoms with Crippen LogP contribution >= 0.6 is 0 Å². The Morgan fingerprint density at radius 2 is 1.92 bits per heavy atom. The summed E-state index contributed by atoms with van der Waals surface area (Å²) in [7, 11) is 0. The first kappa shape index (κ1) is 8.85.